The number of sulfonamides is 1. The van der Waals surface area contributed by atoms with E-state index in [1.165, 1.54) is 31.6 Å². The van der Waals surface area contributed by atoms with Crippen molar-refractivity contribution >= 4 is 38.1 Å². The molecule has 0 spiro atoms. The van der Waals surface area contributed by atoms with Crippen molar-refractivity contribution in [1.29, 1.82) is 0 Å². The van der Waals surface area contributed by atoms with Gasteiger partial charge in [0.1, 0.15) is 5.82 Å². The Bertz CT molecular complexity index is 1280. The van der Waals surface area contributed by atoms with Crippen molar-refractivity contribution in [3.05, 3.63) is 47.5 Å². The van der Waals surface area contributed by atoms with Gasteiger partial charge in [-0.15, -0.1) is 11.3 Å². The second-order valence-electron chi connectivity index (χ2n) is 7.52. The van der Waals surface area contributed by atoms with Gasteiger partial charge in [0.15, 0.2) is 5.13 Å². The molecule has 1 aliphatic carbocycles. The molecule has 1 aliphatic rings. The summed E-state index contributed by atoms with van der Waals surface area (Å²) >= 11 is 1.12. The van der Waals surface area contributed by atoms with Crippen molar-refractivity contribution < 1.29 is 22.3 Å². The Balaban J connectivity index is 1.47. The van der Waals surface area contributed by atoms with Crippen molar-refractivity contribution in [2.24, 2.45) is 0 Å². The van der Waals surface area contributed by atoms with Crippen LogP contribution in [-0.2, 0) is 14.8 Å². The van der Waals surface area contributed by atoms with Gasteiger partial charge in [0.2, 0.25) is 21.8 Å². The zero-order chi connectivity index (χ0) is 23.6. The lowest BCUT2D eigenvalue weighted by Gasteiger charge is -2.14. The molecule has 33 heavy (non-hydrogen) atoms. The third-order valence-corrected chi connectivity index (χ3v) is 7.87. The molecule has 1 amide bonds. The van der Waals surface area contributed by atoms with Gasteiger partial charge in [-0.2, -0.15) is 0 Å². The monoisotopic (exact) mass is 491 g/mol. The molecule has 4 rings (SSSR count). The number of aromatic nitrogens is 3. The molecule has 1 saturated carbocycles. The number of anilines is 2. The Morgan fingerprint density at radius 3 is 2.76 bits per heavy atom. The number of carbonyl (C=O) groups is 1. The van der Waals surface area contributed by atoms with E-state index in [1.807, 2.05) is 0 Å². The van der Waals surface area contributed by atoms with Crippen LogP contribution >= 0.6 is 11.3 Å². The Morgan fingerprint density at radius 2 is 2.09 bits per heavy atom. The zero-order valence-corrected chi connectivity index (χ0v) is 19.5. The number of thiazole rings is 1. The summed E-state index contributed by atoms with van der Waals surface area (Å²) in [4.78, 5) is 25.4. The lowest BCUT2D eigenvalue weighted by atomic mass is 10.0. The van der Waals surface area contributed by atoms with Crippen LogP contribution in [0.1, 0.15) is 37.8 Å². The van der Waals surface area contributed by atoms with Crippen molar-refractivity contribution in [1.82, 2.24) is 15.0 Å². The Kier molecular flexibility index (Phi) is 6.56. The van der Waals surface area contributed by atoms with Crippen LogP contribution in [0.4, 0.5) is 15.2 Å². The number of hydrogen-bond acceptors (Lipinski definition) is 8. The van der Waals surface area contributed by atoms with Crippen molar-refractivity contribution in [2.45, 2.75) is 37.4 Å². The fourth-order valence-electron chi connectivity index (χ4n) is 3.19. The molecule has 0 saturated heterocycles. The first kappa shape index (κ1) is 23.1. The molecule has 1 aromatic carbocycles. The first-order valence-electron chi connectivity index (χ1n) is 10.2. The summed E-state index contributed by atoms with van der Waals surface area (Å²) in [6.07, 6.45) is 4.62. The molecule has 12 heteroatoms. The highest BCUT2D eigenvalue weighted by Crippen LogP contribution is 2.32. The van der Waals surface area contributed by atoms with E-state index < -0.39 is 27.7 Å². The quantitative estimate of drug-likeness (QED) is 0.467. The minimum Gasteiger partial charge on any atom is -0.480 e. The van der Waals surface area contributed by atoms with E-state index in [0.717, 1.165) is 11.3 Å². The average molecular weight is 492 g/mol. The summed E-state index contributed by atoms with van der Waals surface area (Å²) in [5.41, 5.74) is 1.36. The van der Waals surface area contributed by atoms with Gasteiger partial charge in [-0.1, -0.05) is 13.0 Å². The number of halogens is 1. The number of hydrogen-bond donors (Lipinski definition) is 2. The SMILES string of the molecule is CCC(C(=O)Nc1ccc(-c2cncc(OC)n2)cc1F)c1csc(NS(=O)(=O)C2CC2)n1. The smallest absolute Gasteiger partial charge is 0.237 e. The normalized spacial score (nSPS) is 14.5. The van der Waals surface area contributed by atoms with Crippen LogP contribution in [0.25, 0.3) is 11.3 Å². The Morgan fingerprint density at radius 1 is 1.30 bits per heavy atom. The number of amides is 1. The summed E-state index contributed by atoms with van der Waals surface area (Å²) in [5.74, 6) is -1.43. The first-order chi connectivity index (χ1) is 15.8. The third kappa shape index (κ3) is 5.28. The van der Waals surface area contributed by atoms with E-state index in [0.29, 0.717) is 42.1 Å². The van der Waals surface area contributed by atoms with Crippen LogP contribution in [0.15, 0.2) is 36.0 Å². The molecule has 0 bridgehead atoms. The summed E-state index contributed by atoms with van der Waals surface area (Å²) in [6.45, 7) is 1.80. The third-order valence-electron chi connectivity index (χ3n) is 5.14. The topological polar surface area (TPSA) is 123 Å². The fourth-order valence-corrected chi connectivity index (χ4v) is 5.55. The van der Waals surface area contributed by atoms with E-state index in [-0.39, 0.29) is 16.1 Å². The van der Waals surface area contributed by atoms with E-state index in [1.54, 1.807) is 18.4 Å². The maximum Gasteiger partial charge on any atom is 0.237 e. The van der Waals surface area contributed by atoms with Crippen LogP contribution in [0, 0.1) is 5.82 Å². The molecule has 2 aromatic heterocycles. The summed E-state index contributed by atoms with van der Waals surface area (Å²) in [7, 11) is -1.97. The van der Waals surface area contributed by atoms with Crippen LogP contribution in [0.3, 0.4) is 0 Å². The second-order valence-corrected chi connectivity index (χ2v) is 10.3. The molecule has 2 heterocycles. The van der Waals surface area contributed by atoms with Gasteiger partial charge in [-0.3, -0.25) is 14.5 Å². The predicted molar refractivity (Wildman–Crippen MR) is 123 cm³/mol. The van der Waals surface area contributed by atoms with Crippen LogP contribution < -0.4 is 14.8 Å². The molecule has 3 aromatic rings. The number of ether oxygens (including phenoxy) is 1. The van der Waals surface area contributed by atoms with Gasteiger partial charge < -0.3 is 10.1 Å². The number of nitrogens with zero attached hydrogens (tertiary/aromatic N) is 3. The molecule has 174 valence electrons. The van der Waals surface area contributed by atoms with Gasteiger partial charge in [0.25, 0.3) is 0 Å². The van der Waals surface area contributed by atoms with E-state index in [2.05, 4.69) is 25.0 Å². The fraction of sp³-hybridized carbons (Fsp3) is 0.333. The van der Waals surface area contributed by atoms with Gasteiger partial charge in [0, 0.05) is 10.9 Å². The molecule has 0 radical (unpaired) electrons. The first-order valence-corrected chi connectivity index (χ1v) is 12.7. The second kappa shape index (κ2) is 9.40. The van der Waals surface area contributed by atoms with Gasteiger partial charge in [-0.25, -0.2) is 22.8 Å². The maximum absolute atomic E-state index is 14.7. The molecular formula is C21H22FN5O4S2. The number of rotatable bonds is 9. The lowest BCUT2D eigenvalue weighted by Crippen LogP contribution is -2.22. The standard InChI is InChI=1S/C21H22FN5O4S2/c1-3-14(18-11-32-21(26-18)27-33(29,30)13-5-6-13)20(28)25-16-7-4-12(8-15(16)22)17-9-23-10-19(24-17)31-2/h4,7-11,13-14H,3,5-6H2,1-2H3,(H,25,28)(H,26,27). The molecule has 1 unspecified atom stereocenters. The van der Waals surface area contributed by atoms with Gasteiger partial charge in [-0.05, 0) is 31.4 Å². The van der Waals surface area contributed by atoms with E-state index in [9.17, 15) is 17.6 Å². The van der Waals surface area contributed by atoms with Crippen LogP contribution in [-0.4, -0.2) is 41.6 Å². The van der Waals surface area contributed by atoms with Gasteiger partial charge >= 0.3 is 0 Å². The molecule has 1 fully saturated rings. The highest BCUT2D eigenvalue weighted by molar-refractivity contribution is 7.93. The predicted octanol–water partition coefficient (Wildman–Crippen LogP) is 3.78. The van der Waals surface area contributed by atoms with Crippen LogP contribution in [0.2, 0.25) is 0 Å². The molecule has 0 aliphatic heterocycles. The van der Waals surface area contributed by atoms with Gasteiger partial charge in [0.05, 0.1) is 47.7 Å². The Labute approximate surface area is 194 Å². The minimum absolute atomic E-state index is 0.0166. The zero-order valence-electron chi connectivity index (χ0n) is 17.9. The Hall–Kier alpha value is -3.12. The van der Waals surface area contributed by atoms with Crippen molar-refractivity contribution in [2.75, 3.05) is 17.1 Å². The highest BCUT2D eigenvalue weighted by atomic mass is 32.2. The largest absolute Gasteiger partial charge is 0.480 e. The number of carbonyl (C=O) groups excluding carboxylic acids is 1. The highest BCUT2D eigenvalue weighted by Gasteiger charge is 2.36. The maximum atomic E-state index is 14.7. The van der Waals surface area contributed by atoms with E-state index >= 15 is 0 Å². The lowest BCUT2D eigenvalue weighted by molar-refractivity contribution is -0.117. The van der Waals surface area contributed by atoms with Crippen LogP contribution in [0.5, 0.6) is 5.88 Å². The average Bonchev–Trinajstić information content (AvgIpc) is 3.58. The minimum atomic E-state index is -3.43. The summed E-state index contributed by atoms with van der Waals surface area (Å²) in [5, 5.41) is 4.09. The molecule has 2 N–H and O–H groups in total. The molecular weight excluding hydrogens is 469 g/mol. The number of benzene rings is 1. The summed E-state index contributed by atoms with van der Waals surface area (Å²) in [6, 6.07) is 4.33. The number of methoxy groups -OCH3 is 1. The van der Waals surface area contributed by atoms with Crippen molar-refractivity contribution in [3.63, 3.8) is 0 Å². The summed E-state index contributed by atoms with van der Waals surface area (Å²) < 4.78 is 46.5. The molecule has 1 atom stereocenters. The van der Waals surface area contributed by atoms with Crippen molar-refractivity contribution in [3.8, 4) is 17.1 Å². The van der Waals surface area contributed by atoms with E-state index in [4.69, 9.17) is 4.74 Å². The number of nitrogens with one attached hydrogen (secondary N) is 2. The molecule has 9 nitrogen and oxygen atoms in total.